The van der Waals surface area contributed by atoms with E-state index in [1.807, 2.05) is 30.3 Å². The van der Waals surface area contributed by atoms with E-state index in [0.717, 1.165) is 22.7 Å². The predicted molar refractivity (Wildman–Crippen MR) is 77.1 cm³/mol. The van der Waals surface area contributed by atoms with Gasteiger partial charge in [-0.05, 0) is 30.3 Å². The average Bonchev–Trinajstić information content (AvgIpc) is 2.37. The van der Waals surface area contributed by atoms with E-state index in [0.29, 0.717) is 5.95 Å². The Hall–Kier alpha value is -2.10. The molecule has 2 N–H and O–H groups in total. The molecule has 0 fully saturated rings. The number of anilines is 1. The fraction of sp³-hybridized carbons (Fsp3) is 0.333. The van der Waals surface area contributed by atoms with E-state index in [4.69, 9.17) is 10.5 Å². The number of benzene rings is 1. The molecule has 19 heavy (non-hydrogen) atoms. The summed E-state index contributed by atoms with van der Waals surface area (Å²) in [5.41, 5.74) is 8.52. The molecule has 0 saturated carbocycles. The molecule has 4 nitrogen and oxygen atoms in total. The van der Waals surface area contributed by atoms with Gasteiger partial charge in [0.15, 0.2) is 0 Å². The summed E-state index contributed by atoms with van der Waals surface area (Å²) in [5, 5.41) is 0. The Kier molecular flexibility index (Phi) is 3.42. The SMILES string of the molecule is COc1ccc(-c2cc(C(C)(C)C)nc(N)n2)cc1. The number of hydrogen-bond donors (Lipinski definition) is 1. The molecule has 4 heteroatoms. The third-order valence-corrected chi connectivity index (χ3v) is 2.90. The molecule has 0 bridgehead atoms. The first-order valence-corrected chi connectivity index (χ1v) is 6.19. The zero-order chi connectivity index (χ0) is 14.0. The summed E-state index contributed by atoms with van der Waals surface area (Å²) in [4.78, 5) is 8.61. The lowest BCUT2D eigenvalue weighted by atomic mass is 9.91. The summed E-state index contributed by atoms with van der Waals surface area (Å²) in [6.45, 7) is 6.31. The van der Waals surface area contributed by atoms with Gasteiger partial charge in [0, 0.05) is 11.0 Å². The maximum absolute atomic E-state index is 5.80. The zero-order valence-corrected chi connectivity index (χ0v) is 11.8. The van der Waals surface area contributed by atoms with Crippen LogP contribution >= 0.6 is 0 Å². The molecule has 100 valence electrons. The molecule has 0 unspecified atom stereocenters. The third kappa shape index (κ3) is 3.02. The fourth-order valence-corrected chi connectivity index (χ4v) is 1.76. The second kappa shape index (κ2) is 4.88. The van der Waals surface area contributed by atoms with Crippen LogP contribution in [0.3, 0.4) is 0 Å². The summed E-state index contributed by atoms with van der Waals surface area (Å²) >= 11 is 0. The van der Waals surface area contributed by atoms with Crippen LogP contribution in [0.2, 0.25) is 0 Å². The first kappa shape index (κ1) is 13.3. The van der Waals surface area contributed by atoms with Crippen molar-refractivity contribution in [2.75, 3.05) is 12.8 Å². The Morgan fingerprint density at radius 3 is 2.21 bits per heavy atom. The van der Waals surface area contributed by atoms with Gasteiger partial charge in [-0.1, -0.05) is 20.8 Å². The molecule has 0 saturated heterocycles. The van der Waals surface area contributed by atoms with Gasteiger partial charge in [0.2, 0.25) is 5.95 Å². The van der Waals surface area contributed by atoms with Crippen molar-refractivity contribution < 1.29 is 4.74 Å². The number of methoxy groups -OCH3 is 1. The summed E-state index contributed by atoms with van der Waals surface area (Å²) in [6, 6.07) is 9.73. The minimum Gasteiger partial charge on any atom is -0.497 e. The highest BCUT2D eigenvalue weighted by Gasteiger charge is 2.17. The highest BCUT2D eigenvalue weighted by molar-refractivity contribution is 5.61. The largest absolute Gasteiger partial charge is 0.497 e. The Morgan fingerprint density at radius 1 is 1.05 bits per heavy atom. The number of ether oxygens (including phenoxy) is 1. The molecule has 1 heterocycles. The van der Waals surface area contributed by atoms with Crippen molar-refractivity contribution >= 4 is 5.95 Å². The quantitative estimate of drug-likeness (QED) is 0.898. The Balaban J connectivity index is 2.46. The van der Waals surface area contributed by atoms with Crippen molar-refractivity contribution in [2.45, 2.75) is 26.2 Å². The number of nitrogens with two attached hydrogens (primary N) is 1. The highest BCUT2D eigenvalue weighted by atomic mass is 16.5. The number of hydrogen-bond acceptors (Lipinski definition) is 4. The first-order chi connectivity index (χ1) is 8.90. The second-order valence-electron chi connectivity index (χ2n) is 5.48. The lowest BCUT2D eigenvalue weighted by molar-refractivity contribution is 0.415. The molecule has 0 aliphatic heterocycles. The van der Waals surface area contributed by atoms with Gasteiger partial charge in [-0.15, -0.1) is 0 Å². The molecule has 0 amide bonds. The lowest BCUT2D eigenvalue weighted by Crippen LogP contribution is -2.15. The molecule has 0 spiro atoms. The van der Waals surface area contributed by atoms with Crippen molar-refractivity contribution in [2.24, 2.45) is 0 Å². The van der Waals surface area contributed by atoms with Crippen molar-refractivity contribution in [1.29, 1.82) is 0 Å². The van der Waals surface area contributed by atoms with Gasteiger partial charge in [0.25, 0.3) is 0 Å². The van der Waals surface area contributed by atoms with Gasteiger partial charge in [-0.25, -0.2) is 9.97 Å². The van der Waals surface area contributed by atoms with E-state index in [1.54, 1.807) is 7.11 Å². The molecule has 1 aromatic heterocycles. The monoisotopic (exact) mass is 257 g/mol. The third-order valence-electron chi connectivity index (χ3n) is 2.90. The first-order valence-electron chi connectivity index (χ1n) is 6.19. The Labute approximate surface area is 113 Å². The van der Waals surface area contributed by atoms with E-state index in [9.17, 15) is 0 Å². The molecule has 1 aromatic carbocycles. The van der Waals surface area contributed by atoms with Crippen molar-refractivity contribution in [3.63, 3.8) is 0 Å². The van der Waals surface area contributed by atoms with E-state index < -0.39 is 0 Å². The van der Waals surface area contributed by atoms with Crippen molar-refractivity contribution in [3.05, 3.63) is 36.0 Å². The Bertz CT molecular complexity index is 571. The summed E-state index contributed by atoms with van der Waals surface area (Å²) < 4.78 is 5.15. The Morgan fingerprint density at radius 2 is 1.68 bits per heavy atom. The number of rotatable bonds is 2. The summed E-state index contributed by atoms with van der Waals surface area (Å²) in [7, 11) is 1.65. The maximum Gasteiger partial charge on any atom is 0.220 e. The van der Waals surface area contributed by atoms with Crippen molar-refractivity contribution in [3.8, 4) is 17.0 Å². The number of nitrogens with zero attached hydrogens (tertiary/aromatic N) is 2. The molecule has 0 radical (unpaired) electrons. The highest BCUT2D eigenvalue weighted by Crippen LogP contribution is 2.26. The van der Waals surface area contributed by atoms with Crippen LogP contribution < -0.4 is 10.5 Å². The van der Waals surface area contributed by atoms with Crippen molar-refractivity contribution in [1.82, 2.24) is 9.97 Å². The van der Waals surface area contributed by atoms with E-state index >= 15 is 0 Å². The summed E-state index contributed by atoms with van der Waals surface area (Å²) in [6.07, 6.45) is 0. The van der Waals surface area contributed by atoms with Gasteiger partial charge < -0.3 is 10.5 Å². The average molecular weight is 257 g/mol. The van der Waals surface area contributed by atoms with Crippen LogP contribution in [-0.4, -0.2) is 17.1 Å². The normalized spacial score (nSPS) is 11.4. The lowest BCUT2D eigenvalue weighted by Gasteiger charge is -2.18. The molecule has 0 aliphatic rings. The topological polar surface area (TPSA) is 61.0 Å². The van der Waals surface area contributed by atoms with Gasteiger partial charge in [-0.3, -0.25) is 0 Å². The van der Waals surface area contributed by atoms with Crippen LogP contribution in [0.5, 0.6) is 5.75 Å². The molecule has 0 atom stereocenters. The van der Waals surface area contributed by atoms with Crippen LogP contribution in [0.4, 0.5) is 5.95 Å². The smallest absolute Gasteiger partial charge is 0.220 e. The molecule has 2 rings (SSSR count). The fourth-order valence-electron chi connectivity index (χ4n) is 1.76. The maximum atomic E-state index is 5.80. The number of nitrogen functional groups attached to an aromatic ring is 1. The summed E-state index contributed by atoms with van der Waals surface area (Å²) in [5.74, 6) is 1.13. The van der Waals surface area contributed by atoms with Gasteiger partial charge in [0.1, 0.15) is 5.75 Å². The minimum absolute atomic E-state index is 0.0573. The van der Waals surface area contributed by atoms with E-state index in [1.165, 1.54) is 0 Å². The van der Waals surface area contributed by atoms with Gasteiger partial charge in [-0.2, -0.15) is 0 Å². The molecule has 2 aromatic rings. The zero-order valence-electron chi connectivity index (χ0n) is 11.8. The van der Waals surface area contributed by atoms with Crippen LogP contribution in [0.1, 0.15) is 26.5 Å². The number of aromatic nitrogens is 2. The predicted octanol–water partition coefficient (Wildman–Crippen LogP) is 3.03. The van der Waals surface area contributed by atoms with E-state index in [2.05, 4.69) is 30.7 Å². The standard InChI is InChI=1S/C15H19N3O/c1-15(2,3)13-9-12(17-14(16)18-13)10-5-7-11(19-4)8-6-10/h5-9H,1-4H3,(H2,16,17,18). The van der Waals surface area contributed by atoms with Crippen LogP contribution in [0.15, 0.2) is 30.3 Å². The van der Waals surface area contributed by atoms with E-state index in [-0.39, 0.29) is 5.41 Å². The van der Waals surface area contributed by atoms with Crippen LogP contribution in [0.25, 0.3) is 11.3 Å². The molecule has 0 aliphatic carbocycles. The van der Waals surface area contributed by atoms with Crippen LogP contribution in [0, 0.1) is 0 Å². The van der Waals surface area contributed by atoms with Crippen LogP contribution in [-0.2, 0) is 5.41 Å². The molecular formula is C15H19N3O. The van der Waals surface area contributed by atoms with Gasteiger partial charge in [0.05, 0.1) is 18.5 Å². The second-order valence-corrected chi connectivity index (χ2v) is 5.48. The van der Waals surface area contributed by atoms with Gasteiger partial charge >= 0.3 is 0 Å². The minimum atomic E-state index is -0.0573. The molecular weight excluding hydrogens is 238 g/mol.